The van der Waals surface area contributed by atoms with E-state index in [1.165, 1.54) is 6.07 Å². The second-order valence-electron chi connectivity index (χ2n) is 4.81. The van der Waals surface area contributed by atoms with Crippen LogP contribution in [0.4, 0.5) is 5.69 Å². The maximum absolute atomic E-state index is 12.6. The van der Waals surface area contributed by atoms with E-state index < -0.39 is 4.92 Å². The Balaban J connectivity index is 3.10. The first-order chi connectivity index (χ1) is 9.94. The molecule has 1 rings (SSSR count). The van der Waals surface area contributed by atoms with Gasteiger partial charge in [-0.15, -0.1) is 0 Å². The molecule has 0 atom stereocenters. The van der Waals surface area contributed by atoms with Crippen molar-refractivity contribution < 1.29 is 9.72 Å². The van der Waals surface area contributed by atoms with Gasteiger partial charge in [-0.1, -0.05) is 38.3 Å². The van der Waals surface area contributed by atoms with Crippen LogP contribution in [0.25, 0.3) is 0 Å². The molecule has 0 fully saturated rings. The van der Waals surface area contributed by atoms with Gasteiger partial charge in [0, 0.05) is 13.1 Å². The topological polar surface area (TPSA) is 76.3 Å². The average Bonchev–Trinajstić information content (AvgIpc) is 2.47. The summed E-state index contributed by atoms with van der Waals surface area (Å²) >= 11 is 5.77. The molecule has 0 radical (unpaired) electrons. The molecule has 0 bridgehead atoms. The van der Waals surface area contributed by atoms with Gasteiger partial charge in [0.25, 0.3) is 11.6 Å². The van der Waals surface area contributed by atoms with Crippen LogP contribution < -0.4 is 0 Å². The van der Waals surface area contributed by atoms with Crippen LogP contribution in [0, 0.1) is 16.0 Å². The van der Waals surface area contributed by atoms with E-state index in [0.717, 1.165) is 19.0 Å². The molecule has 0 aliphatic rings. The highest BCUT2D eigenvalue weighted by Gasteiger charge is 2.26. The van der Waals surface area contributed by atoms with Gasteiger partial charge in [-0.05, 0) is 18.9 Å². The Labute approximate surface area is 129 Å². The van der Waals surface area contributed by atoms with Crippen molar-refractivity contribution in [2.45, 2.75) is 33.6 Å². The predicted molar refractivity (Wildman–Crippen MR) is 81.6 cm³/mol. The summed E-state index contributed by atoms with van der Waals surface area (Å²) in [5.74, 6) is 0.00525. The first-order valence-electron chi connectivity index (χ1n) is 7.03. The number of nitro groups is 1. The van der Waals surface area contributed by atoms with Gasteiger partial charge in [0.05, 0.1) is 4.92 Å². The molecule has 0 saturated heterocycles. The average molecular weight is 314 g/mol. The van der Waals surface area contributed by atoms with Crippen LogP contribution >= 0.6 is 11.6 Å². The van der Waals surface area contributed by atoms with Gasteiger partial charge in [-0.3, -0.25) is 14.9 Å². The fraction of sp³-hybridized carbons (Fsp3) is 0.571. The van der Waals surface area contributed by atoms with Crippen molar-refractivity contribution in [1.82, 2.24) is 9.88 Å². The fourth-order valence-electron chi connectivity index (χ4n) is 2.12. The number of nitrogens with zero attached hydrogens (tertiary/aromatic N) is 3. The van der Waals surface area contributed by atoms with E-state index in [1.54, 1.807) is 4.90 Å². The zero-order chi connectivity index (χ0) is 16.0. The second kappa shape index (κ2) is 7.93. The van der Waals surface area contributed by atoms with E-state index in [2.05, 4.69) is 18.8 Å². The largest absolute Gasteiger partial charge is 0.338 e. The van der Waals surface area contributed by atoms with E-state index in [0.29, 0.717) is 19.0 Å². The molecular formula is C14H20ClN3O3. The summed E-state index contributed by atoms with van der Waals surface area (Å²) in [5, 5.41) is 11.1. The summed E-state index contributed by atoms with van der Waals surface area (Å²) in [5.41, 5.74) is -0.319. The number of halogens is 1. The molecule has 7 heteroatoms. The van der Waals surface area contributed by atoms with Crippen molar-refractivity contribution in [3.63, 3.8) is 0 Å². The van der Waals surface area contributed by atoms with Gasteiger partial charge in [-0.2, -0.15) is 0 Å². The minimum atomic E-state index is -0.610. The van der Waals surface area contributed by atoms with Gasteiger partial charge in [0.1, 0.15) is 16.9 Å². The van der Waals surface area contributed by atoms with Crippen LogP contribution in [0.2, 0.25) is 5.15 Å². The molecule has 0 spiro atoms. The lowest BCUT2D eigenvalue weighted by Gasteiger charge is -2.25. The van der Waals surface area contributed by atoms with Crippen LogP contribution in [0.5, 0.6) is 0 Å². The number of carbonyl (C=O) groups excluding carboxylic acids is 1. The monoisotopic (exact) mass is 313 g/mol. The van der Waals surface area contributed by atoms with Crippen LogP contribution in [0.3, 0.4) is 0 Å². The molecule has 1 aromatic heterocycles. The number of amides is 1. The Hall–Kier alpha value is -1.69. The zero-order valence-electron chi connectivity index (χ0n) is 12.5. The van der Waals surface area contributed by atoms with Gasteiger partial charge in [0.15, 0.2) is 0 Å². The van der Waals surface area contributed by atoms with E-state index in [-0.39, 0.29) is 22.3 Å². The summed E-state index contributed by atoms with van der Waals surface area (Å²) in [7, 11) is 0. The van der Waals surface area contributed by atoms with Crippen LogP contribution in [-0.4, -0.2) is 33.8 Å². The SMILES string of the molecule is CCC(CC)CN(CC)C(=O)c1cc(Cl)ncc1[N+](=O)[O-]. The lowest BCUT2D eigenvalue weighted by Crippen LogP contribution is -2.35. The predicted octanol–water partition coefficient (Wildman–Crippen LogP) is 3.54. The highest BCUT2D eigenvalue weighted by Crippen LogP contribution is 2.23. The smallest absolute Gasteiger partial charge is 0.300 e. The van der Waals surface area contributed by atoms with E-state index in [9.17, 15) is 14.9 Å². The molecule has 1 heterocycles. The standard InChI is InChI=1S/C14H20ClN3O3/c1-4-10(5-2)9-17(6-3)14(19)11-7-13(15)16-8-12(11)18(20)21/h7-8,10H,4-6,9H2,1-3H3. The summed E-state index contributed by atoms with van der Waals surface area (Å²) in [4.78, 5) is 28.3. The first kappa shape index (κ1) is 17.4. The van der Waals surface area contributed by atoms with Gasteiger partial charge in [-0.25, -0.2) is 4.98 Å². The van der Waals surface area contributed by atoms with E-state index in [1.807, 2.05) is 6.92 Å². The van der Waals surface area contributed by atoms with Gasteiger partial charge < -0.3 is 4.90 Å². The third-order valence-electron chi connectivity index (χ3n) is 3.58. The molecule has 1 aromatic rings. The summed E-state index contributed by atoms with van der Waals surface area (Å²) in [6, 6.07) is 1.26. The lowest BCUT2D eigenvalue weighted by atomic mass is 10.0. The van der Waals surface area contributed by atoms with E-state index >= 15 is 0 Å². The van der Waals surface area contributed by atoms with Crippen molar-refractivity contribution in [2.75, 3.05) is 13.1 Å². The van der Waals surface area contributed by atoms with Crippen molar-refractivity contribution >= 4 is 23.2 Å². The third-order valence-corrected chi connectivity index (χ3v) is 3.79. The zero-order valence-corrected chi connectivity index (χ0v) is 13.3. The minimum absolute atomic E-state index is 0.00666. The molecule has 21 heavy (non-hydrogen) atoms. The first-order valence-corrected chi connectivity index (χ1v) is 7.41. The molecule has 0 unspecified atom stereocenters. The van der Waals surface area contributed by atoms with Gasteiger partial charge in [0.2, 0.25) is 0 Å². The van der Waals surface area contributed by atoms with Crippen molar-refractivity contribution in [3.8, 4) is 0 Å². The van der Waals surface area contributed by atoms with Crippen molar-refractivity contribution in [1.29, 1.82) is 0 Å². The van der Waals surface area contributed by atoms with Crippen molar-refractivity contribution in [2.24, 2.45) is 5.92 Å². The maximum Gasteiger partial charge on any atom is 0.300 e. The highest BCUT2D eigenvalue weighted by atomic mass is 35.5. The number of carbonyl (C=O) groups is 1. The molecule has 116 valence electrons. The Kier molecular flexibility index (Phi) is 6.55. The summed E-state index contributed by atoms with van der Waals surface area (Å²) in [6.45, 7) is 7.07. The normalized spacial score (nSPS) is 10.7. The third kappa shape index (κ3) is 4.39. The molecule has 0 N–H and O–H groups in total. The maximum atomic E-state index is 12.6. The van der Waals surface area contributed by atoms with Crippen molar-refractivity contribution in [3.05, 3.63) is 33.1 Å². The van der Waals surface area contributed by atoms with Crippen LogP contribution in [0.1, 0.15) is 44.0 Å². The molecule has 1 amide bonds. The number of pyridine rings is 1. The number of rotatable bonds is 7. The fourth-order valence-corrected chi connectivity index (χ4v) is 2.28. The Bertz CT molecular complexity index is 518. The highest BCUT2D eigenvalue weighted by molar-refractivity contribution is 6.29. The molecule has 0 aliphatic carbocycles. The summed E-state index contributed by atoms with van der Waals surface area (Å²) < 4.78 is 0. The molecule has 0 aromatic carbocycles. The molecule has 0 saturated carbocycles. The summed E-state index contributed by atoms with van der Waals surface area (Å²) in [6.07, 6.45) is 2.94. The number of hydrogen-bond donors (Lipinski definition) is 0. The molecule has 6 nitrogen and oxygen atoms in total. The van der Waals surface area contributed by atoms with Crippen LogP contribution in [-0.2, 0) is 0 Å². The molecular weight excluding hydrogens is 294 g/mol. The Morgan fingerprint density at radius 2 is 2.05 bits per heavy atom. The Morgan fingerprint density at radius 3 is 2.52 bits per heavy atom. The Morgan fingerprint density at radius 1 is 1.43 bits per heavy atom. The van der Waals surface area contributed by atoms with E-state index in [4.69, 9.17) is 11.6 Å². The second-order valence-corrected chi connectivity index (χ2v) is 5.19. The lowest BCUT2D eigenvalue weighted by molar-refractivity contribution is -0.385. The van der Waals surface area contributed by atoms with Gasteiger partial charge >= 0.3 is 0 Å². The number of hydrogen-bond acceptors (Lipinski definition) is 4. The molecule has 0 aliphatic heterocycles. The minimum Gasteiger partial charge on any atom is -0.338 e. The number of aromatic nitrogens is 1. The quantitative estimate of drug-likeness (QED) is 0.438. The van der Waals surface area contributed by atoms with Crippen LogP contribution in [0.15, 0.2) is 12.3 Å².